The summed E-state index contributed by atoms with van der Waals surface area (Å²) < 4.78 is 29.2. The standard InChI is InChI=1S/C19H19ClN2O4S2/c1-28(24,25)17-9-8-16(27-17)18(23)21-13-5-2-11(3-6-13)19-22-14-10-12(20)4-7-15(14)26-19/h4,7-11,13H,2-3,5-6H2,1H3,(H,21,23). The first-order valence-corrected chi connectivity index (χ1v) is 12.0. The number of amides is 1. The maximum absolute atomic E-state index is 12.4. The minimum Gasteiger partial charge on any atom is -0.440 e. The topological polar surface area (TPSA) is 89.3 Å². The van der Waals surface area contributed by atoms with Gasteiger partial charge in [-0.25, -0.2) is 13.4 Å². The first-order chi connectivity index (χ1) is 13.3. The number of carbonyl (C=O) groups is 1. The molecule has 148 valence electrons. The van der Waals surface area contributed by atoms with E-state index in [1.807, 2.05) is 6.07 Å². The number of hydrogen-bond donors (Lipinski definition) is 1. The van der Waals surface area contributed by atoms with Gasteiger partial charge in [-0.3, -0.25) is 4.79 Å². The molecule has 1 fully saturated rings. The van der Waals surface area contributed by atoms with E-state index in [0.717, 1.165) is 60.3 Å². The van der Waals surface area contributed by atoms with Crippen molar-refractivity contribution in [2.24, 2.45) is 0 Å². The third kappa shape index (κ3) is 4.09. The maximum Gasteiger partial charge on any atom is 0.261 e. The van der Waals surface area contributed by atoms with Crippen LogP contribution in [0.3, 0.4) is 0 Å². The first-order valence-electron chi connectivity index (χ1n) is 8.96. The van der Waals surface area contributed by atoms with E-state index >= 15 is 0 Å². The average molecular weight is 439 g/mol. The number of nitrogens with one attached hydrogen (secondary N) is 1. The summed E-state index contributed by atoms with van der Waals surface area (Å²) >= 11 is 7.01. The smallest absolute Gasteiger partial charge is 0.261 e. The van der Waals surface area contributed by atoms with Crippen molar-refractivity contribution in [3.05, 3.63) is 46.1 Å². The molecule has 9 heteroatoms. The molecular weight excluding hydrogens is 420 g/mol. The zero-order valence-electron chi connectivity index (χ0n) is 15.1. The number of rotatable bonds is 4. The molecule has 28 heavy (non-hydrogen) atoms. The Kier molecular flexibility index (Phi) is 5.20. The van der Waals surface area contributed by atoms with Crippen molar-refractivity contribution in [1.29, 1.82) is 0 Å². The highest BCUT2D eigenvalue weighted by Crippen LogP contribution is 2.34. The van der Waals surface area contributed by atoms with Crippen molar-refractivity contribution in [1.82, 2.24) is 10.3 Å². The number of hydrogen-bond acceptors (Lipinski definition) is 6. The third-order valence-corrected chi connectivity index (χ3v) is 8.09. The van der Waals surface area contributed by atoms with Gasteiger partial charge in [0.15, 0.2) is 21.3 Å². The molecule has 0 radical (unpaired) electrons. The Bertz CT molecular complexity index is 1130. The van der Waals surface area contributed by atoms with Crippen LogP contribution in [0.1, 0.15) is 47.2 Å². The van der Waals surface area contributed by atoms with Gasteiger partial charge < -0.3 is 9.73 Å². The van der Waals surface area contributed by atoms with Crippen LogP contribution in [0.25, 0.3) is 11.1 Å². The highest BCUT2D eigenvalue weighted by atomic mass is 35.5. The number of carbonyl (C=O) groups excluding carboxylic acids is 1. The van der Waals surface area contributed by atoms with E-state index in [0.29, 0.717) is 9.90 Å². The number of thiophene rings is 1. The van der Waals surface area contributed by atoms with Crippen molar-refractivity contribution in [3.8, 4) is 0 Å². The normalized spacial score (nSPS) is 20.4. The molecule has 1 aliphatic rings. The van der Waals surface area contributed by atoms with E-state index in [1.165, 1.54) is 6.07 Å². The second-order valence-electron chi connectivity index (χ2n) is 7.08. The second-order valence-corrected chi connectivity index (χ2v) is 10.8. The van der Waals surface area contributed by atoms with Gasteiger partial charge in [-0.1, -0.05) is 11.6 Å². The molecule has 1 amide bonds. The maximum atomic E-state index is 12.4. The number of fused-ring (bicyclic) bond motifs is 1. The van der Waals surface area contributed by atoms with Crippen LogP contribution in [0.4, 0.5) is 0 Å². The van der Waals surface area contributed by atoms with Gasteiger partial charge in [0, 0.05) is 23.2 Å². The predicted molar refractivity (Wildman–Crippen MR) is 109 cm³/mol. The van der Waals surface area contributed by atoms with Crippen LogP contribution in [0.5, 0.6) is 0 Å². The van der Waals surface area contributed by atoms with Gasteiger partial charge in [0.2, 0.25) is 0 Å². The number of benzene rings is 1. The highest BCUT2D eigenvalue weighted by molar-refractivity contribution is 7.92. The zero-order chi connectivity index (χ0) is 19.9. The van der Waals surface area contributed by atoms with E-state index in [1.54, 1.807) is 18.2 Å². The second kappa shape index (κ2) is 7.50. The molecule has 3 aromatic rings. The van der Waals surface area contributed by atoms with Crippen molar-refractivity contribution in [3.63, 3.8) is 0 Å². The van der Waals surface area contributed by atoms with Crippen molar-refractivity contribution in [2.45, 2.75) is 41.9 Å². The number of halogens is 1. The van der Waals surface area contributed by atoms with Gasteiger partial charge in [0.25, 0.3) is 5.91 Å². The third-order valence-electron chi connectivity index (χ3n) is 4.95. The number of sulfone groups is 1. The van der Waals surface area contributed by atoms with E-state index in [4.69, 9.17) is 16.0 Å². The molecule has 2 aromatic heterocycles. The summed E-state index contributed by atoms with van der Waals surface area (Å²) in [5.41, 5.74) is 1.49. The van der Waals surface area contributed by atoms with Crippen LogP contribution in [-0.4, -0.2) is 31.6 Å². The number of oxazole rings is 1. The molecule has 0 spiro atoms. The van der Waals surface area contributed by atoms with Gasteiger partial charge in [-0.2, -0.15) is 0 Å². The SMILES string of the molecule is CS(=O)(=O)c1ccc(C(=O)NC2CCC(c3nc4cc(Cl)ccc4o3)CC2)s1. The Balaban J connectivity index is 1.37. The number of nitrogens with zero attached hydrogens (tertiary/aromatic N) is 1. The van der Waals surface area contributed by atoms with Crippen molar-refractivity contribution >= 4 is 49.8 Å². The minimum absolute atomic E-state index is 0.0614. The van der Waals surface area contributed by atoms with Gasteiger partial charge in [-0.05, 0) is 56.0 Å². The molecule has 1 saturated carbocycles. The van der Waals surface area contributed by atoms with E-state index in [9.17, 15) is 13.2 Å². The van der Waals surface area contributed by atoms with Crippen molar-refractivity contribution in [2.75, 3.05) is 6.26 Å². The van der Waals surface area contributed by atoms with Gasteiger partial charge in [0.05, 0.1) is 4.88 Å². The molecular formula is C19H19ClN2O4S2. The fourth-order valence-electron chi connectivity index (χ4n) is 3.48. The summed E-state index contributed by atoms with van der Waals surface area (Å²) in [6.45, 7) is 0. The Morgan fingerprint density at radius 1 is 1.21 bits per heavy atom. The Labute approximate surface area is 171 Å². The van der Waals surface area contributed by atoms with Gasteiger partial charge in [-0.15, -0.1) is 11.3 Å². The van der Waals surface area contributed by atoms with Crippen LogP contribution in [0.2, 0.25) is 5.02 Å². The molecule has 0 atom stereocenters. The monoisotopic (exact) mass is 438 g/mol. The molecule has 2 heterocycles. The summed E-state index contributed by atoms with van der Waals surface area (Å²) in [6.07, 6.45) is 4.51. The van der Waals surface area contributed by atoms with Crippen LogP contribution in [0, 0.1) is 0 Å². The Morgan fingerprint density at radius 2 is 1.96 bits per heavy atom. The zero-order valence-corrected chi connectivity index (χ0v) is 17.5. The number of aromatic nitrogens is 1. The predicted octanol–water partition coefficient (Wildman–Crippen LogP) is 4.40. The largest absolute Gasteiger partial charge is 0.440 e. The lowest BCUT2D eigenvalue weighted by Crippen LogP contribution is -2.37. The lowest BCUT2D eigenvalue weighted by atomic mass is 9.86. The first kappa shape index (κ1) is 19.4. The molecule has 0 saturated heterocycles. The minimum atomic E-state index is -3.29. The summed E-state index contributed by atoms with van der Waals surface area (Å²) in [4.78, 5) is 17.4. The Morgan fingerprint density at radius 3 is 2.64 bits per heavy atom. The summed E-state index contributed by atoms with van der Waals surface area (Å²) in [6, 6.07) is 8.50. The molecule has 4 rings (SSSR count). The van der Waals surface area contributed by atoms with E-state index < -0.39 is 9.84 Å². The molecule has 0 bridgehead atoms. The van der Waals surface area contributed by atoms with E-state index in [2.05, 4.69) is 10.3 Å². The molecule has 6 nitrogen and oxygen atoms in total. The lowest BCUT2D eigenvalue weighted by Gasteiger charge is -2.27. The van der Waals surface area contributed by atoms with Gasteiger partial charge >= 0.3 is 0 Å². The summed E-state index contributed by atoms with van der Waals surface area (Å²) in [5.74, 6) is 0.718. The molecule has 0 unspecified atom stereocenters. The van der Waals surface area contributed by atoms with Crippen LogP contribution in [-0.2, 0) is 9.84 Å². The molecule has 0 aliphatic heterocycles. The summed E-state index contributed by atoms with van der Waals surface area (Å²) in [7, 11) is -3.29. The average Bonchev–Trinajstić information content (AvgIpc) is 3.29. The van der Waals surface area contributed by atoms with Crippen molar-refractivity contribution < 1.29 is 17.6 Å². The quantitative estimate of drug-likeness (QED) is 0.651. The van der Waals surface area contributed by atoms with E-state index in [-0.39, 0.29) is 22.1 Å². The van der Waals surface area contributed by atoms with Crippen LogP contribution >= 0.6 is 22.9 Å². The molecule has 1 aliphatic carbocycles. The Hall–Kier alpha value is -1.90. The lowest BCUT2D eigenvalue weighted by molar-refractivity contribution is 0.0929. The molecule has 1 aromatic carbocycles. The summed E-state index contributed by atoms with van der Waals surface area (Å²) in [5, 5.41) is 3.65. The fraction of sp³-hybridized carbons (Fsp3) is 0.368. The van der Waals surface area contributed by atoms with Crippen LogP contribution in [0.15, 0.2) is 39.0 Å². The highest BCUT2D eigenvalue weighted by Gasteiger charge is 2.27. The molecule has 1 N–H and O–H groups in total. The fourth-order valence-corrected chi connectivity index (χ4v) is 5.47. The van der Waals surface area contributed by atoms with Crippen LogP contribution < -0.4 is 5.32 Å². The van der Waals surface area contributed by atoms with Gasteiger partial charge in [0.1, 0.15) is 9.73 Å².